The summed E-state index contributed by atoms with van der Waals surface area (Å²) in [6.07, 6.45) is 1.66. The van der Waals surface area contributed by atoms with Gasteiger partial charge in [-0.2, -0.15) is 11.8 Å². The SMILES string of the molecule is CCSCc1cnoc1N. The van der Waals surface area contributed by atoms with E-state index in [1.54, 1.807) is 18.0 Å². The van der Waals surface area contributed by atoms with Crippen LogP contribution in [0, 0.1) is 0 Å². The largest absolute Gasteiger partial charge is 0.367 e. The van der Waals surface area contributed by atoms with Crippen LogP contribution in [-0.2, 0) is 5.75 Å². The monoisotopic (exact) mass is 158 g/mol. The Morgan fingerprint density at radius 3 is 3.10 bits per heavy atom. The molecule has 0 fully saturated rings. The molecule has 1 rings (SSSR count). The number of hydrogen-bond acceptors (Lipinski definition) is 4. The first kappa shape index (κ1) is 7.47. The molecule has 1 heterocycles. The van der Waals surface area contributed by atoms with Crippen LogP contribution in [0.15, 0.2) is 10.7 Å². The van der Waals surface area contributed by atoms with Crippen molar-refractivity contribution in [1.29, 1.82) is 0 Å². The van der Waals surface area contributed by atoms with E-state index in [0.29, 0.717) is 5.88 Å². The lowest BCUT2D eigenvalue weighted by molar-refractivity contribution is 0.436. The summed E-state index contributed by atoms with van der Waals surface area (Å²) in [4.78, 5) is 0. The van der Waals surface area contributed by atoms with Gasteiger partial charge in [-0.05, 0) is 5.75 Å². The van der Waals surface area contributed by atoms with E-state index in [0.717, 1.165) is 17.1 Å². The molecule has 1 aromatic heterocycles. The van der Waals surface area contributed by atoms with Crippen molar-refractivity contribution in [2.75, 3.05) is 11.5 Å². The minimum Gasteiger partial charge on any atom is -0.367 e. The molecule has 0 radical (unpaired) electrons. The topological polar surface area (TPSA) is 52.0 Å². The van der Waals surface area contributed by atoms with E-state index in [1.165, 1.54) is 0 Å². The maximum atomic E-state index is 5.44. The zero-order valence-electron chi connectivity index (χ0n) is 5.83. The Labute approximate surface area is 64.0 Å². The second-order valence-electron chi connectivity index (χ2n) is 1.85. The van der Waals surface area contributed by atoms with Gasteiger partial charge in [0.15, 0.2) is 0 Å². The Morgan fingerprint density at radius 1 is 1.80 bits per heavy atom. The van der Waals surface area contributed by atoms with E-state index in [9.17, 15) is 0 Å². The summed E-state index contributed by atoms with van der Waals surface area (Å²) in [5.41, 5.74) is 6.43. The van der Waals surface area contributed by atoms with Crippen LogP contribution in [0.3, 0.4) is 0 Å². The van der Waals surface area contributed by atoms with E-state index in [1.807, 2.05) is 0 Å². The van der Waals surface area contributed by atoms with Gasteiger partial charge in [-0.15, -0.1) is 0 Å². The van der Waals surface area contributed by atoms with Crippen LogP contribution < -0.4 is 5.73 Å². The van der Waals surface area contributed by atoms with Gasteiger partial charge in [-0.1, -0.05) is 12.1 Å². The molecule has 0 saturated carbocycles. The molecule has 0 aliphatic heterocycles. The van der Waals surface area contributed by atoms with E-state index in [2.05, 4.69) is 16.6 Å². The first-order valence-corrected chi connectivity index (χ1v) is 4.26. The molecule has 0 saturated heterocycles. The van der Waals surface area contributed by atoms with Gasteiger partial charge < -0.3 is 10.3 Å². The van der Waals surface area contributed by atoms with Crippen molar-refractivity contribution in [1.82, 2.24) is 5.16 Å². The number of nitrogen functional groups attached to an aromatic ring is 1. The molecule has 0 spiro atoms. The molecule has 0 unspecified atom stereocenters. The lowest BCUT2D eigenvalue weighted by atomic mass is 10.4. The second kappa shape index (κ2) is 3.51. The fourth-order valence-electron chi connectivity index (χ4n) is 0.589. The lowest BCUT2D eigenvalue weighted by Gasteiger charge is -1.92. The summed E-state index contributed by atoms with van der Waals surface area (Å²) in [6.45, 7) is 2.11. The van der Waals surface area contributed by atoms with Crippen LogP contribution >= 0.6 is 11.8 Å². The van der Waals surface area contributed by atoms with Crippen LogP contribution in [-0.4, -0.2) is 10.9 Å². The average Bonchev–Trinajstić information content (AvgIpc) is 2.31. The van der Waals surface area contributed by atoms with Gasteiger partial charge in [-0.3, -0.25) is 0 Å². The normalized spacial score (nSPS) is 10.1. The highest BCUT2D eigenvalue weighted by Gasteiger charge is 2.01. The molecule has 2 N–H and O–H groups in total. The molecule has 4 heteroatoms. The molecule has 0 atom stereocenters. The summed E-state index contributed by atoms with van der Waals surface area (Å²) >= 11 is 1.80. The van der Waals surface area contributed by atoms with Gasteiger partial charge in [0.1, 0.15) is 0 Å². The highest BCUT2D eigenvalue weighted by atomic mass is 32.2. The quantitative estimate of drug-likeness (QED) is 0.724. The van der Waals surface area contributed by atoms with Crippen molar-refractivity contribution in [3.63, 3.8) is 0 Å². The number of thioether (sulfide) groups is 1. The first-order chi connectivity index (χ1) is 4.84. The third-order valence-electron chi connectivity index (χ3n) is 1.14. The maximum absolute atomic E-state index is 5.44. The van der Waals surface area contributed by atoms with E-state index < -0.39 is 0 Å². The maximum Gasteiger partial charge on any atom is 0.226 e. The predicted molar refractivity (Wildman–Crippen MR) is 42.8 cm³/mol. The highest BCUT2D eigenvalue weighted by molar-refractivity contribution is 7.98. The molecule has 0 bridgehead atoms. The fourth-order valence-corrected chi connectivity index (χ4v) is 1.23. The zero-order valence-corrected chi connectivity index (χ0v) is 6.65. The Hall–Kier alpha value is -0.640. The Bertz CT molecular complexity index is 199. The van der Waals surface area contributed by atoms with E-state index >= 15 is 0 Å². The van der Waals surface area contributed by atoms with Crippen molar-refractivity contribution < 1.29 is 4.52 Å². The van der Waals surface area contributed by atoms with Gasteiger partial charge in [0.2, 0.25) is 5.88 Å². The number of rotatable bonds is 3. The summed E-state index contributed by atoms with van der Waals surface area (Å²) in [6, 6.07) is 0. The minimum atomic E-state index is 0.445. The highest BCUT2D eigenvalue weighted by Crippen LogP contribution is 2.16. The number of nitrogens with two attached hydrogens (primary N) is 1. The average molecular weight is 158 g/mol. The van der Waals surface area contributed by atoms with Gasteiger partial charge in [0.05, 0.1) is 6.20 Å². The Kier molecular flexibility index (Phi) is 2.62. The van der Waals surface area contributed by atoms with Crippen molar-refractivity contribution in [2.45, 2.75) is 12.7 Å². The standard InChI is InChI=1S/C6H10N2OS/c1-2-10-4-5-3-8-9-6(5)7/h3H,2,4,7H2,1H3. The molecule has 3 nitrogen and oxygen atoms in total. The fraction of sp³-hybridized carbons (Fsp3) is 0.500. The molecule has 10 heavy (non-hydrogen) atoms. The molecule has 0 aliphatic carbocycles. The minimum absolute atomic E-state index is 0.445. The summed E-state index contributed by atoms with van der Waals surface area (Å²) < 4.78 is 4.68. The van der Waals surface area contributed by atoms with Crippen molar-refractivity contribution in [3.8, 4) is 0 Å². The first-order valence-electron chi connectivity index (χ1n) is 3.11. The van der Waals surface area contributed by atoms with Crippen LogP contribution in [0.1, 0.15) is 12.5 Å². The van der Waals surface area contributed by atoms with Crippen LogP contribution in [0.5, 0.6) is 0 Å². The summed E-state index contributed by atoms with van der Waals surface area (Å²) in [7, 11) is 0. The third-order valence-corrected chi connectivity index (χ3v) is 2.06. The molecule has 0 amide bonds. The van der Waals surface area contributed by atoms with E-state index in [-0.39, 0.29) is 0 Å². The van der Waals surface area contributed by atoms with Crippen molar-refractivity contribution in [2.24, 2.45) is 0 Å². The molecule has 0 aromatic carbocycles. The molecule has 56 valence electrons. The van der Waals surface area contributed by atoms with Crippen LogP contribution in [0.25, 0.3) is 0 Å². The molecule has 0 aliphatic rings. The Morgan fingerprint density at radius 2 is 2.60 bits per heavy atom. The smallest absolute Gasteiger partial charge is 0.226 e. The van der Waals surface area contributed by atoms with E-state index in [4.69, 9.17) is 5.73 Å². The van der Waals surface area contributed by atoms with Gasteiger partial charge in [-0.25, -0.2) is 0 Å². The number of aromatic nitrogens is 1. The van der Waals surface area contributed by atoms with Crippen LogP contribution in [0.4, 0.5) is 5.88 Å². The molecular weight excluding hydrogens is 148 g/mol. The molecular formula is C6H10N2OS. The number of nitrogens with zero attached hydrogens (tertiary/aromatic N) is 1. The van der Waals surface area contributed by atoms with Crippen LogP contribution in [0.2, 0.25) is 0 Å². The van der Waals surface area contributed by atoms with Gasteiger partial charge in [0.25, 0.3) is 0 Å². The van der Waals surface area contributed by atoms with Crippen molar-refractivity contribution >= 4 is 17.6 Å². The second-order valence-corrected chi connectivity index (χ2v) is 3.13. The molecule has 1 aromatic rings. The Balaban J connectivity index is 2.49. The van der Waals surface area contributed by atoms with Gasteiger partial charge >= 0.3 is 0 Å². The van der Waals surface area contributed by atoms with Crippen molar-refractivity contribution in [3.05, 3.63) is 11.8 Å². The predicted octanol–water partition coefficient (Wildman–Crippen LogP) is 1.51. The number of hydrogen-bond donors (Lipinski definition) is 1. The van der Waals surface area contributed by atoms with Gasteiger partial charge in [0, 0.05) is 11.3 Å². The summed E-state index contributed by atoms with van der Waals surface area (Å²) in [5, 5.41) is 3.56. The third kappa shape index (κ3) is 1.67. The summed E-state index contributed by atoms with van der Waals surface area (Å²) in [5.74, 6) is 2.43. The zero-order chi connectivity index (χ0) is 7.40. The lowest BCUT2D eigenvalue weighted by Crippen LogP contribution is -1.86. The number of anilines is 1.